The molecule has 3 aromatic rings. The average Bonchev–Trinajstić information content (AvgIpc) is 2.84. The Bertz CT molecular complexity index is 1270. The van der Waals surface area contributed by atoms with Gasteiger partial charge in [0.15, 0.2) is 11.0 Å². The summed E-state index contributed by atoms with van der Waals surface area (Å²) in [5, 5.41) is 0.552. The van der Waals surface area contributed by atoms with E-state index in [1.165, 1.54) is 28.8 Å². The minimum atomic E-state index is -2.57. The lowest BCUT2D eigenvalue weighted by atomic mass is 10.1. The molecule has 0 N–H and O–H groups in total. The second-order valence-corrected chi connectivity index (χ2v) is 8.12. The molecule has 0 unspecified atom stereocenters. The van der Waals surface area contributed by atoms with E-state index in [9.17, 15) is 4.79 Å². The molecule has 8 nitrogen and oxygen atoms in total. The van der Waals surface area contributed by atoms with Gasteiger partial charge in [0.2, 0.25) is 0 Å². The highest BCUT2D eigenvalue weighted by molar-refractivity contribution is 7.98. The van der Waals surface area contributed by atoms with E-state index < -0.39 is 7.04 Å². The summed E-state index contributed by atoms with van der Waals surface area (Å²) in [7, 11) is 0.584. The molecule has 1 aliphatic heterocycles. The number of carbonyl (C=O) groups excluding carboxylic acids is 1. The van der Waals surface area contributed by atoms with Crippen molar-refractivity contribution in [1.82, 2.24) is 14.9 Å². The maximum absolute atomic E-state index is 13.8. The van der Waals surface area contributed by atoms with E-state index in [1.54, 1.807) is 37.3 Å². The van der Waals surface area contributed by atoms with Gasteiger partial charge in [-0.3, -0.25) is 0 Å². The molecular weight excluding hydrogens is 440 g/mol. The minimum Gasteiger partial charge on any atom is -0.497 e. The van der Waals surface area contributed by atoms with Crippen LogP contribution in [-0.4, -0.2) is 48.4 Å². The largest absolute Gasteiger partial charge is 0.497 e. The predicted octanol–water partition coefficient (Wildman–Crippen LogP) is 4.81. The number of amides is 2. The predicted molar refractivity (Wildman–Crippen MR) is 128 cm³/mol. The van der Waals surface area contributed by atoms with Crippen LogP contribution in [0.2, 0.25) is 0 Å². The van der Waals surface area contributed by atoms with Gasteiger partial charge in [-0.25, -0.2) is 19.7 Å². The molecule has 9 heteroatoms. The Morgan fingerprint density at radius 1 is 1.06 bits per heavy atom. The van der Waals surface area contributed by atoms with Crippen LogP contribution < -0.4 is 19.1 Å². The Morgan fingerprint density at radius 2 is 1.82 bits per heavy atom. The molecule has 0 aliphatic carbocycles. The Labute approximate surface area is 201 Å². The van der Waals surface area contributed by atoms with Gasteiger partial charge in [-0.2, -0.15) is 0 Å². The van der Waals surface area contributed by atoms with Crippen molar-refractivity contribution in [2.45, 2.75) is 25.2 Å². The van der Waals surface area contributed by atoms with Crippen LogP contribution in [0.3, 0.4) is 0 Å². The topological polar surface area (TPSA) is 77.0 Å². The molecule has 0 radical (unpaired) electrons. The van der Waals surface area contributed by atoms with Gasteiger partial charge >= 0.3 is 6.03 Å². The summed E-state index contributed by atoms with van der Waals surface area (Å²) in [5.74, 6) is 1.93. The van der Waals surface area contributed by atoms with Gasteiger partial charge in [0, 0.05) is 22.9 Å². The highest BCUT2D eigenvalue weighted by Gasteiger charge is 2.35. The first-order valence-corrected chi connectivity index (χ1v) is 11.4. The van der Waals surface area contributed by atoms with Gasteiger partial charge in [0.05, 0.1) is 44.1 Å². The minimum absolute atomic E-state index is 0.173. The molecule has 0 saturated carbocycles. The number of anilines is 2. The van der Waals surface area contributed by atoms with E-state index in [0.717, 1.165) is 16.8 Å². The van der Waals surface area contributed by atoms with E-state index in [-0.39, 0.29) is 18.3 Å². The van der Waals surface area contributed by atoms with Crippen LogP contribution in [0.5, 0.6) is 17.2 Å². The number of aromatic nitrogens is 2. The summed E-state index contributed by atoms with van der Waals surface area (Å²) < 4.78 is 37.7. The van der Waals surface area contributed by atoms with Crippen LogP contribution in [-0.2, 0) is 13.1 Å². The number of ether oxygens (including phenoxy) is 3. The number of thioether (sulfide) groups is 1. The maximum atomic E-state index is 13.8. The lowest BCUT2D eigenvalue weighted by Gasteiger charge is -2.37. The number of benzene rings is 2. The Hall–Kier alpha value is -3.46. The number of carbonyl (C=O) groups is 1. The third-order valence-corrected chi connectivity index (χ3v) is 5.99. The normalized spacial score (nSPS) is 14.8. The first kappa shape index (κ1) is 19.0. The fraction of sp³-hybridized carbons (Fsp3) is 0.292. The van der Waals surface area contributed by atoms with Crippen LogP contribution in [0.25, 0.3) is 0 Å². The van der Waals surface area contributed by atoms with Gasteiger partial charge < -0.3 is 19.1 Å². The summed E-state index contributed by atoms with van der Waals surface area (Å²) in [6, 6.07) is 11.5. The molecule has 2 heterocycles. The molecular formula is C24H26N4O4S. The summed E-state index contributed by atoms with van der Waals surface area (Å²) in [6.45, 7) is 2.50. The summed E-state index contributed by atoms with van der Waals surface area (Å²) in [4.78, 5) is 26.3. The molecule has 0 fully saturated rings. The third kappa shape index (κ3) is 4.41. The lowest BCUT2D eigenvalue weighted by Crippen LogP contribution is -2.45. The number of fused-ring (bicyclic) bond motifs is 1. The Morgan fingerprint density at radius 3 is 2.48 bits per heavy atom. The van der Waals surface area contributed by atoms with E-state index in [1.807, 2.05) is 25.3 Å². The second kappa shape index (κ2) is 9.58. The zero-order valence-corrected chi connectivity index (χ0v) is 19.6. The zero-order valence-electron chi connectivity index (χ0n) is 21.8. The molecule has 1 aliphatic rings. The smallest absolute Gasteiger partial charge is 0.330 e. The van der Waals surface area contributed by atoms with E-state index >= 15 is 0 Å². The first-order valence-electron chi connectivity index (χ1n) is 11.6. The highest BCUT2D eigenvalue weighted by Crippen LogP contribution is 2.37. The van der Waals surface area contributed by atoms with Gasteiger partial charge in [0.25, 0.3) is 0 Å². The number of hydrogen-bond acceptors (Lipinski definition) is 7. The van der Waals surface area contributed by atoms with Crippen LogP contribution >= 0.6 is 11.8 Å². The Kier molecular flexibility index (Phi) is 5.53. The van der Waals surface area contributed by atoms with Crippen molar-refractivity contribution >= 4 is 29.3 Å². The molecule has 2 amide bonds. The molecule has 33 heavy (non-hydrogen) atoms. The molecule has 4 rings (SSSR count). The zero-order chi connectivity index (χ0) is 26.0. The number of methoxy groups -OCH3 is 3. The van der Waals surface area contributed by atoms with Gasteiger partial charge in [-0.1, -0.05) is 11.8 Å². The Balaban J connectivity index is 1.75. The van der Waals surface area contributed by atoms with Crippen molar-refractivity contribution in [2.24, 2.45) is 0 Å². The number of nitrogens with zero attached hydrogens (tertiary/aromatic N) is 4. The van der Waals surface area contributed by atoms with Crippen molar-refractivity contribution in [3.8, 4) is 17.2 Å². The molecule has 2 aromatic carbocycles. The van der Waals surface area contributed by atoms with Crippen molar-refractivity contribution in [3.05, 3.63) is 59.3 Å². The second-order valence-electron chi connectivity index (χ2n) is 7.35. The van der Waals surface area contributed by atoms with Crippen LogP contribution in [0, 0.1) is 6.92 Å². The van der Waals surface area contributed by atoms with Crippen molar-refractivity contribution in [1.29, 1.82) is 0 Å². The summed E-state index contributed by atoms with van der Waals surface area (Å²) in [5.41, 5.74) is 2.94. The molecule has 0 saturated heterocycles. The fourth-order valence-electron chi connectivity index (χ4n) is 3.72. The van der Waals surface area contributed by atoms with Gasteiger partial charge in [-0.15, -0.1) is 0 Å². The number of rotatable bonds is 7. The van der Waals surface area contributed by atoms with Crippen molar-refractivity contribution < 1.29 is 23.1 Å². The van der Waals surface area contributed by atoms with E-state index in [0.29, 0.717) is 34.7 Å². The van der Waals surface area contributed by atoms with E-state index in [2.05, 4.69) is 9.97 Å². The van der Waals surface area contributed by atoms with Crippen LogP contribution in [0.1, 0.15) is 20.9 Å². The van der Waals surface area contributed by atoms with Crippen LogP contribution in [0.15, 0.2) is 47.6 Å². The summed E-state index contributed by atoms with van der Waals surface area (Å²) >= 11 is 1.39. The van der Waals surface area contributed by atoms with Crippen molar-refractivity contribution in [3.63, 3.8) is 0 Å². The van der Waals surface area contributed by atoms with Crippen molar-refractivity contribution in [2.75, 3.05) is 32.4 Å². The van der Waals surface area contributed by atoms with E-state index in [4.69, 9.17) is 18.3 Å². The SMILES string of the molecule is [2H]C([2H])([2H])Oc1ccc(N2C(=O)N(Cc3ccc(OC)cc3OC)Cc3c(C)nc(SC)nc32)cc1. The first-order chi connectivity index (χ1) is 17.1. The standard InChI is InChI=1S/C24H26N4O4S/c1-15-20-14-27(13-16-6-9-19(31-3)12-21(16)32-4)24(29)28(22(20)26-23(25-15)33-5)17-7-10-18(30-2)11-8-17/h6-12H,13-14H2,1-5H3/i2D3. The third-order valence-electron chi connectivity index (χ3n) is 5.44. The quantitative estimate of drug-likeness (QED) is 0.363. The molecule has 1 aromatic heterocycles. The van der Waals surface area contributed by atoms with Crippen LogP contribution in [0.4, 0.5) is 16.3 Å². The molecule has 0 bridgehead atoms. The number of hydrogen-bond donors (Lipinski definition) is 0. The molecule has 172 valence electrons. The van der Waals surface area contributed by atoms with Gasteiger partial charge in [0.1, 0.15) is 17.2 Å². The van der Waals surface area contributed by atoms with Gasteiger partial charge in [-0.05, 0) is 49.6 Å². The molecule has 0 atom stereocenters. The maximum Gasteiger partial charge on any atom is 0.330 e. The lowest BCUT2D eigenvalue weighted by molar-refractivity contribution is 0.197. The highest BCUT2D eigenvalue weighted by atomic mass is 32.2. The fourth-order valence-corrected chi connectivity index (χ4v) is 4.12. The molecule has 0 spiro atoms. The number of aryl methyl sites for hydroxylation is 1. The summed E-state index contributed by atoms with van der Waals surface area (Å²) in [6.07, 6.45) is 1.87. The average molecular weight is 470 g/mol. The monoisotopic (exact) mass is 469 g/mol. The number of urea groups is 1.